The molecule has 1 aromatic heterocycles. The second kappa shape index (κ2) is 7.52. The molecule has 0 atom stereocenters. The van der Waals surface area contributed by atoms with Gasteiger partial charge in [-0.3, -0.25) is 14.9 Å². The Hall–Kier alpha value is -1.89. The molecule has 1 rings (SSSR count). The first-order valence-electron chi connectivity index (χ1n) is 5.53. The molecule has 0 saturated heterocycles. The standard InChI is InChI=1S/C12H14N2O4S/c1-9(15)19-6-4-3-5-10-7-11(14(16)17)12(18-2)13-8-10/h3,5,7-8H,4,6H2,1-2H3. The molecule has 102 valence electrons. The fraction of sp³-hybridized carbons (Fsp3) is 0.333. The zero-order valence-electron chi connectivity index (χ0n) is 10.7. The van der Waals surface area contributed by atoms with Gasteiger partial charge in [0.25, 0.3) is 5.88 Å². The maximum absolute atomic E-state index is 10.8. The number of pyridine rings is 1. The molecule has 0 N–H and O–H groups in total. The molecule has 0 aliphatic heterocycles. The molecule has 0 aromatic carbocycles. The van der Waals surface area contributed by atoms with Crippen LogP contribution in [0.4, 0.5) is 5.69 Å². The number of nitrogens with zero attached hydrogens (tertiary/aromatic N) is 2. The largest absolute Gasteiger partial charge is 0.476 e. The monoisotopic (exact) mass is 282 g/mol. The van der Waals surface area contributed by atoms with E-state index in [1.807, 2.05) is 6.08 Å². The van der Waals surface area contributed by atoms with Gasteiger partial charge in [0.2, 0.25) is 0 Å². The SMILES string of the molecule is COc1ncc(C=CCCSC(C)=O)cc1[N+](=O)[O-]. The van der Waals surface area contributed by atoms with Crippen LogP contribution in [0.1, 0.15) is 18.9 Å². The van der Waals surface area contributed by atoms with E-state index in [-0.39, 0.29) is 16.7 Å². The molecule has 0 aliphatic carbocycles. The maximum Gasteiger partial charge on any atom is 0.331 e. The summed E-state index contributed by atoms with van der Waals surface area (Å²) in [7, 11) is 1.34. The van der Waals surface area contributed by atoms with Crippen LogP contribution in [-0.2, 0) is 4.79 Å². The van der Waals surface area contributed by atoms with Crippen molar-refractivity contribution < 1.29 is 14.5 Å². The van der Waals surface area contributed by atoms with E-state index in [1.165, 1.54) is 38.1 Å². The van der Waals surface area contributed by atoms with Gasteiger partial charge in [0.05, 0.1) is 12.0 Å². The smallest absolute Gasteiger partial charge is 0.331 e. The van der Waals surface area contributed by atoms with Crippen LogP contribution in [0.2, 0.25) is 0 Å². The molecule has 0 amide bonds. The van der Waals surface area contributed by atoms with Crippen molar-refractivity contribution in [3.8, 4) is 5.88 Å². The number of carbonyl (C=O) groups excluding carboxylic acids is 1. The van der Waals surface area contributed by atoms with Crippen molar-refractivity contribution >= 4 is 28.6 Å². The summed E-state index contributed by atoms with van der Waals surface area (Å²) in [5.74, 6) is 0.687. The Bertz CT molecular complexity index is 503. The summed E-state index contributed by atoms with van der Waals surface area (Å²) in [5, 5.41) is 10.9. The van der Waals surface area contributed by atoms with E-state index in [1.54, 1.807) is 6.08 Å². The van der Waals surface area contributed by atoms with Gasteiger partial charge in [0.15, 0.2) is 5.12 Å². The van der Waals surface area contributed by atoms with Crippen molar-refractivity contribution in [1.82, 2.24) is 4.98 Å². The molecular weight excluding hydrogens is 268 g/mol. The molecule has 0 unspecified atom stereocenters. The topological polar surface area (TPSA) is 82.3 Å². The summed E-state index contributed by atoms with van der Waals surface area (Å²) < 4.78 is 4.81. The molecule has 19 heavy (non-hydrogen) atoms. The van der Waals surface area contributed by atoms with E-state index in [0.717, 1.165) is 0 Å². The molecule has 0 radical (unpaired) electrons. The lowest BCUT2D eigenvalue weighted by Crippen LogP contribution is -1.96. The van der Waals surface area contributed by atoms with E-state index < -0.39 is 4.92 Å². The van der Waals surface area contributed by atoms with Crippen molar-refractivity contribution in [2.75, 3.05) is 12.9 Å². The van der Waals surface area contributed by atoms with Crippen molar-refractivity contribution in [1.29, 1.82) is 0 Å². The average molecular weight is 282 g/mol. The minimum atomic E-state index is -0.533. The molecule has 1 heterocycles. The number of methoxy groups -OCH3 is 1. The van der Waals surface area contributed by atoms with Crippen molar-refractivity contribution in [3.63, 3.8) is 0 Å². The predicted molar refractivity (Wildman–Crippen MR) is 74.2 cm³/mol. The van der Waals surface area contributed by atoms with Gasteiger partial charge >= 0.3 is 5.69 Å². The van der Waals surface area contributed by atoms with Crippen LogP contribution in [0.3, 0.4) is 0 Å². The Balaban J connectivity index is 2.69. The first-order valence-corrected chi connectivity index (χ1v) is 6.51. The summed E-state index contributed by atoms with van der Waals surface area (Å²) in [6.07, 6.45) is 5.80. The van der Waals surface area contributed by atoms with Crippen LogP contribution >= 0.6 is 11.8 Å². The van der Waals surface area contributed by atoms with Crippen molar-refractivity contribution in [2.45, 2.75) is 13.3 Å². The number of rotatable bonds is 6. The Morgan fingerprint density at radius 1 is 1.63 bits per heavy atom. The highest BCUT2D eigenvalue weighted by Gasteiger charge is 2.15. The highest BCUT2D eigenvalue weighted by Crippen LogP contribution is 2.25. The van der Waals surface area contributed by atoms with Gasteiger partial charge in [0, 0.05) is 24.9 Å². The highest BCUT2D eigenvalue weighted by molar-refractivity contribution is 8.13. The molecule has 0 bridgehead atoms. The number of hydrogen-bond donors (Lipinski definition) is 0. The van der Waals surface area contributed by atoms with Gasteiger partial charge in [-0.25, -0.2) is 4.98 Å². The van der Waals surface area contributed by atoms with E-state index >= 15 is 0 Å². The Morgan fingerprint density at radius 3 is 2.95 bits per heavy atom. The summed E-state index contributed by atoms with van der Waals surface area (Å²) in [5.41, 5.74) is 0.461. The fourth-order valence-corrected chi connectivity index (χ4v) is 1.87. The molecule has 0 fully saturated rings. The molecule has 0 aliphatic rings. The summed E-state index contributed by atoms with van der Waals surface area (Å²) >= 11 is 1.25. The van der Waals surface area contributed by atoms with Crippen LogP contribution in [-0.4, -0.2) is 27.9 Å². The number of hydrogen-bond acceptors (Lipinski definition) is 6. The molecule has 6 nitrogen and oxygen atoms in total. The Morgan fingerprint density at radius 2 is 2.37 bits per heavy atom. The predicted octanol–water partition coefficient (Wildman–Crippen LogP) is 2.68. The minimum Gasteiger partial charge on any atom is -0.476 e. The third-order valence-electron chi connectivity index (χ3n) is 2.14. The highest BCUT2D eigenvalue weighted by atomic mass is 32.2. The normalized spacial score (nSPS) is 10.6. The number of nitro groups is 1. The molecule has 1 aromatic rings. The first kappa shape index (κ1) is 15.2. The second-order valence-electron chi connectivity index (χ2n) is 3.59. The lowest BCUT2D eigenvalue weighted by Gasteiger charge is -2.00. The Labute approximate surface area is 115 Å². The van der Waals surface area contributed by atoms with Crippen LogP contribution in [0, 0.1) is 10.1 Å². The molecule has 0 saturated carbocycles. The third-order valence-corrected chi connectivity index (χ3v) is 2.99. The maximum atomic E-state index is 10.8. The van der Waals surface area contributed by atoms with Gasteiger partial charge in [0.1, 0.15) is 0 Å². The minimum absolute atomic E-state index is 0.00529. The molecule has 0 spiro atoms. The Kier molecular flexibility index (Phi) is 6.01. The van der Waals surface area contributed by atoms with E-state index in [0.29, 0.717) is 17.7 Å². The van der Waals surface area contributed by atoms with E-state index in [4.69, 9.17) is 4.74 Å². The molecular formula is C12H14N2O4S. The summed E-state index contributed by atoms with van der Waals surface area (Å²) in [4.78, 5) is 24.8. The van der Waals surface area contributed by atoms with E-state index in [2.05, 4.69) is 4.98 Å². The van der Waals surface area contributed by atoms with Crippen LogP contribution < -0.4 is 4.74 Å². The van der Waals surface area contributed by atoms with Crippen molar-refractivity contribution in [2.24, 2.45) is 0 Å². The van der Waals surface area contributed by atoms with Gasteiger partial charge in [-0.15, -0.1) is 0 Å². The third kappa shape index (κ3) is 5.09. The van der Waals surface area contributed by atoms with E-state index in [9.17, 15) is 14.9 Å². The number of thioether (sulfide) groups is 1. The zero-order chi connectivity index (χ0) is 14.3. The number of carbonyl (C=O) groups is 1. The molecule has 7 heteroatoms. The lowest BCUT2D eigenvalue weighted by atomic mass is 10.2. The quantitative estimate of drug-likeness (QED) is 0.453. The van der Waals surface area contributed by atoms with Gasteiger partial charge < -0.3 is 4.74 Å². The van der Waals surface area contributed by atoms with Gasteiger partial charge in [-0.1, -0.05) is 23.9 Å². The second-order valence-corrected chi connectivity index (χ2v) is 4.86. The number of allylic oxidation sites excluding steroid dienone is 1. The first-order chi connectivity index (χ1) is 9.04. The van der Waals surface area contributed by atoms with Gasteiger partial charge in [-0.05, 0) is 12.0 Å². The fourth-order valence-electron chi connectivity index (χ4n) is 1.33. The van der Waals surface area contributed by atoms with Crippen LogP contribution in [0.25, 0.3) is 6.08 Å². The zero-order valence-corrected chi connectivity index (χ0v) is 11.5. The average Bonchev–Trinajstić information content (AvgIpc) is 2.37. The number of ether oxygens (including phenoxy) is 1. The summed E-state index contributed by atoms with van der Waals surface area (Å²) in [6.45, 7) is 1.52. The lowest BCUT2D eigenvalue weighted by molar-refractivity contribution is -0.386. The van der Waals surface area contributed by atoms with Crippen LogP contribution in [0.15, 0.2) is 18.3 Å². The number of aromatic nitrogens is 1. The summed E-state index contributed by atoms with van der Waals surface area (Å²) in [6, 6.07) is 1.40. The van der Waals surface area contributed by atoms with Gasteiger partial charge in [-0.2, -0.15) is 0 Å². The van der Waals surface area contributed by atoms with Crippen LogP contribution in [0.5, 0.6) is 5.88 Å². The van der Waals surface area contributed by atoms with Crippen molar-refractivity contribution in [3.05, 3.63) is 34.0 Å².